The highest BCUT2D eigenvalue weighted by atomic mass is 28.3. The van der Waals surface area contributed by atoms with E-state index >= 15 is 0 Å². The first-order valence-electron chi connectivity index (χ1n) is 23.3. The van der Waals surface area contributed by atoms with Gasteiger partial charge in [0.1, 0.15) is 0 Å². The molecule has 0 amide bonds. The normalized spacial score (nSPS) is 12.8. The molecule has 0 atom stereocenters. The van der Waals surface area contributed by atoms with Gasteiger partial charge in [-0.2, -0.15) is 15.0 Å². The van der Waals surface area contributed by atoms with Gasteiger partial charge in [0, 0.05) is 50.6 Å². The second kappa shape index (κ2) is 15.5. The third-order valence-corrected chi connectivity index (χ3v) is 18.9. The standard InChI is InChI=1S/C61H39N7Si/c1-4-19-40(20-5-1)55-57-49(35-37-62-55)50-36-38-63-56(41-21-6-2-7-22-41)58(50)69(57,43-24-8-3-9-25-43)44-26-18-23-42(39-44)59-64-60(67-51-31-14-10-27-45(51)46-28-11-15-32-52(46)67)66-61(65-59)68-53-33-16-12-29-47(53)48-30-13-17-34-54(48)68/h1-39H. The van der Waals surface area contributed by atoms with Gasteiger partial charge in [-0.3, -0.25) is 19.1 Å². The number of nitrogens with zero attached hydrogens (tertiary/aromatic N) is 7. The number of aromatic nitrogens is 7. The van der Waals surface area contributed by atoms with Gasteiger partial charge in [-0.1, -0.05) is 188 Å². The second-order valence-corrected chi connectivity index (χ2v) is 21.2. The van der Waals surface area contributed by atoms with Gasteiger partial charge in [-0.15, -0.1) is 0 Å². The molecule has 0 radical (unpaired) electrons. The van der Waals surface area contributed by atoms with Crippen molar-refractivity contribution in [2.24, 2.45) is 0 Å². The third-order valence-electron chi connectivity index (χ3n) is 14.0. The average molecular weight is 898 g/mol. The lowest BCUT2D eigenvalue weighted by Gasteiger charge is -2.33. The zero-order chi connectivity index (χ0) is 45.5. The minimum absolute atomic E-state index is 0.539. The van der Waals surface area contributed by atoms with Crippen LogP contribution in [0, 0.1) is 0 Å². The highest BCUT2D eigenvalue weighted by Crippen LogP contribution is 2.38. The Hall–Kier alpha value is -9.11. The lowest BCUT2D eigenvalue weighted by Crippen LogP contribution is -2.73. The molecule has 0 aliphatic carbocycles. The van der Waals surface area contributed by atoms with E-state index in [9.17, 15) is 0 Å². The predicted octanol–water partition coefficient (Wildman–Crippen LogP) is 11.2. The largest absolute Gasteiger partial charge is 0.278 e. The fraction of sp³-hybridized carbons (Fsp3) is 0. The molecule has 322 valence electrons. The van der Waals surface area contributed by atoms with Gasteiger partial charge in [0.05, 0.1) is 33.5 Å². The molecule has 0 saturated heterocycles. The van der Waals surface area contributed by atoms with E-state index in [1.807, 2.05) is 12.4 Å². The molecule has 1 aliphatic heterocycles. The molecule has 0 spiro atoms. The van der Waals surface area contributed by atoms with Gasteiger partial charge in [0.15, 0.2) is 13.9 Å². The summed E-state index contributed by atoms with van der Waals surface area (Å²) in [6.07, 6.45) is 3.94. The Morgan fingerprint density at radius 2 is 0.696 bits per heavy atom. The van der Waals surface area contributed by atoms with E-state index in [-0.39, 0.29) is 0 Å². The summed E-state index contributed by atoms with van der Waals surface area (Å²) in [5, 5.41) is 9.44. The fourth-order valence-corrected chi connectivity index (χ4v) is 16.7. The average Bonchev–Trinajstić information content (AvgIpc) is 4.06. The summed E-state index contributed by atoms with van der Waals surface area (Å²) in [7, 11) is -3.33. The van der Waals surface area contributed by atoms with Gasteiger partial charge in [0.25, 0.3) is 0 Å². The molecular weight excluding hydrogens is 859 g/mol. The molecule has 8 heteroatoms. The van der Waals surface area contributed by atoms with Crippen molar-refractivity contribution in [2.45, 2.75) is 0 Å². The third kappa shape index (κ3) is 5.82. The fourth-order valence-electron chi connectivity index (χ4n) is 11.2. The zero-order valence-electron chi connectivity index (χ0n) is 37.1. The van der Waals surface area contributed by atoms with E-state index in [0.717, 1.165) is 71.7 Å². The summed E-state index contributed by atoms with van der Waals surface area (Å²) in [5.74, 6) is 1.65. The zero-order valence-corrected chi connectivity index (χ0v) is 38.1. The minimum Gasteiger partial charge on any atom is -0.278 e. The molecule has 0 unspecified atom stereocenters. The van der Waals surface area contributed by atoms with Crippen LogP contribution in [0.4, 0.5) is 0 Å². The summed E-state index contributed by atoms with van der Waals surface area (Å²) < 4.78 is 4.38. The van der Waals surface area contributed by atoms with E-state index < -0.39 is 8.07 Å². The van der Waals surface area contributed by atoms with E-state index in [1.54, 1.807) is 0 Å². The first-order valence-corrected chi connectivity index (χ1v) is 25.3. The monoisotopic (exact) mass is 897 g/mol. The Bertz CT molecular complexity index is 3820. The SMILES string of the molecule is c1ccc(-c2nccc3c2[Si](c2ccccc2)(c2cccc(-c4nc(-n5c6ccccc6c6ccccc65)nc(-n5c6ccccc6c6ccccc65)n4)c2)c2c-3ccnc2-c2ccccc2)cc1. The minimum atomic E-state index is -3.33. The number of para-hydroxylation sites is 4. The Morgan fingerprint density at radius 1 is 0.319 bits per heavy atom. The van der Waals surface area contributed by atoms with Crippen molar-refractivity contribution in [3.05, 3.63) is 237 Å². The summed E-state index contributed by atoms with van der Waals surface area (Å²) in [4.78, 5) is 27.1. The maximum atomic E-state index is 5.52. The second-order valence-electron chi connectivity index (χ2n) is 17.6. The Morgan fingerprint density at radius 3 is 1.14 bits per heavy atom. The molecule has 69 heavy (non-hydrogen) atoms. The molecule has 0 saturated carbocycles. The van der Waals surface area contributed by atoms with Crippen LogP contribution in [0.2, 0.25) is 0 Å². The molecule has 8 aromatic carbocycles. The van der Waals surface area contributed by atoms with Crippen LogP contribution in [0.3, 0.4) is 0 Å². The van der Waals surface area contributed by atoms with Crippen molar-refractivity contribution in [3.8, 4) is 56.9 Å². The van der Waals surface area contributed by atoms with Crippen molar-refractivity contribution < 1.29 is 0 Å². The summed E-state index contributed by atoms with van der Waals surface area (Å²) in [6, 6.07) is 79.8. The number of benzene rings is 8. The molecule has 5 aromatic heterocycles. The highest BCUT2D eigenvalue weighted by Gasteiger charge is 2.52. The van der Waals surface area contributed by atoms with Gasteiger partial charge < -0.3 is 0 Å². The van der Waals surface area contributed by atoms with Gasteiger partial charge in [0.2, 0.25) is 11.9 Å². The number of pyridine rings is 2. The smallest absolute Gasteiger partial charge is 0.240 e. The summed E-state index contributed by atoms with van der Waals surface area (Å²) in [5.41, 5.74) is 11.4. The molecule has 6 heterocycles. The molecule has 13 aromatic rings. The van der Waals surface area contributed by atoms with E-state index in [0.29, 0.717) is 17.7 Å². The molecular formula is C61H39N7Si. The van der Waals surface area contributed by atoms with Gasteiger partial charge >= 0.3 is 0 Å². The number of rotatable bonds is 7. The quantitative estimate of drug-likeness (QED) is 0.149. The van der Waals surface area contributed by atoms with Crippen LogP contribution in [-0.2, 0) is 0 Å². The van der Waals surface area contributed by atoms with Gasteiger partial charge in [-0.05, 0) is 68.3 Å². The molecule has 1 aliphatic rings. The summed E-state index contributed by atoms with van der Waals surface area (Å²) >= 11 is 0. The number of fused-ring (bicyclic) bond motifs is 9. The Balaban J connectivity index is 1.09. The van der Waals surface area contributed by atoms with Crippen LogP contribution < -0.4 is 20.7 Å². The van der Waals surface area contributed by atoms with Crippen LogP contribution >= 0.6 is 0 Å². The van der Waals surface area contributed by atoms with Crippen LogP contribution in [0.5, 0.6) is 0 Å². The van der Waals surface area contributed by atoms with Crippen molar-refractivity contribution >= 4 is 72.4 Å². The van der Waals surface area contributed by atoms with Crippen LogP contribution in [0.15, 0.2) is 237 Å². The van der Waals surface area contributed by atoms with E-state index in [4.69, 9.17) is 24.9 Å². The van der Waals surface area contributed by atoms with Crippen molar-refractivity contribution in [1.82, 2.24) is 34.1 Å². The van der Waals surface area contributed by atoms with E-state index in [1.165, 1.54) is 31.9 Å². The van der Waals surface area contributed by atoms with Crippen LogP contribution in [0.1, 0.15) is 0 Å². The highest BCUT2D eigenvalue weighted by molar-refractivity contribution is 7.23. The number of hydrogen-bond acceptors (Lipinski definition) is 5. The van der Waals surface area contributed by atoms with Crippen molar-refractivity contribution in [3.63, 3.8) is 0 Å². The van der Waals surface area contributed by atoms with Crippen molar-refractivity contribution in [2.75, 3.05) is 0 Å². The predicted molar refractivity (Wildman–Crippen MR) is 283 cm³/mol. The lowest BCUT2D eigenvalue weighted by molar-refractivity contribution is 0.893. The van der Waals surface area contributed by atoms with Crippen molar-refractivity contribution in [1.29, 1.82) is 0 Å². The molecule has 14 rings (SSSR count). The summed E-state index contributed by atoms with van der Waals surface area (Å²) in [6.45, 7) is 0. The topological polar surface area (TPSA) is 74.3 Å². The Labute approximate surface area is 398 Å². The maximum Gasteiger partial charge on any atom is 0.240 e. The van der Waals surface area contributed by atoms with E-state index in [2.05, 4.69) is 234 Å². The maximum absolute atomic E-state index is 5.52. The lowest BCUT2D eigenvalue weighted by atomic mass is 10.0. The number of hydrogen-bond donors (Lipinski definition) is 0. The first kappa shape index (κ1) is 39.1. The van der Waals surface area contributed by atoms with Crippen LogP contribution in [0.25, 0.3) is 101 Å². The molecule has 0 N–H and O–H groups in total. The first-order chi connectivity index (χ1) is 34.3. The van der Waals surface area contributed by atoms with Gasteiger partial charge in [-0.25, -0.2) is 0 Å². The molecule has 0 bridgehead atoms. The van der Waals surface area contributed by atoms with Crippen LogP contribution in [-0.4, -0.2) is 42.1 Å². The molecule has 7 nitrogen and oxygen atoms in total. The Kier molecular flexibility index (Phi) is 8.77. The molecule has 0 fully saturated rings.